The van der Waals surface area contributed by atoms with Crippen LogP contribution in [0.25, 0.3) is 23.1 Å². The molecule has 4 aromatic rings. The molecule has 43 heavy (non-hydrogen) atoms. The average Bonchev–Trinajstić information content (AvgIpc) is 3.72. The minimum Gasteiger partial charge on any atom is -0.496 e. The van der Waals surface area contributed by atoms with Crippen LogP contribution in [-0.4, -0.2) is 40.0 Å². The summed E-state index contributed by atoms with van der Waals surface area (Å²) in [6.45, 7) is 13.5. The van der Waals surface area contributed by atoms with Gasteiger partial charge in [-0.05, 0) is 43.2 Å². The molecule has 0 N–H and O–H groups in total. The second kappa shape index (κ2) is 16.2. The zero-order valence-corrected chi connectivity index (χ0v) is 28.3. The molecule has 1 aromatic carbocycles. The van der Waals surface area contributed by atoms with Crippen LogP contribution in [0.1, 0.15) is 122 Å². The summed E-state index contributed by atoms with van der Waals surface area (Å²) in [6, 6.07) is 12.5. The highest BCUT2D eigenvalue weighted by Crippen LogP contribution is 2.31. The van der Waals surface area contributed by atoms with E-state index in [1.807, 2.05) is 40.1 Å². The van der Waals surface area contributed by atoms with Crippen LogP contribution in [0.4, 0.5) is 5.00 Å². The summed E-state index contributed by atoms with van der Waals surface area (Å²) >= 11 is 1.89. The van der Waals surface area contributed by atoms with Gasteiger partial charge < -0.3 is 9.64 Å². The van der Waals surface area contributed by atoms with Crippen molar-refractivity contribution in [3.05, 3.63) is 52.2 Å². The molecule has 0 aliphatic rings. The maximum absolute atomic E-state index is 5.63. The first-order valence-corrected chi connectivity index (χ1v) is 17.4. The minimum atomic E-state index is -0.147. The molecular weight excluding hydrogens is 550 g/mol. The predicted molar refractivity (Wildman–Crippen MR) is 184 cm³/mol. The number of nitrogens with zero attached hydrogens (tertiary/aromatic N) is 5. The molecule has 3 aromatic heterocycles. The smallest absolute Gasteiger partial charge is 0.189 e. The number of ether oxygens (including phenoxy) is 1. The fraction of sp³-hybridized carbons (Fsp3) is 0.583. The Hall–Kier alpha value is -2.93. The molecule has 0 spiro atoms. The Kier molecular flexibility index (Phi) is 12.4. The van der Waals surface area contributed by atoms with E-state index in [9.17, 15) is 0 Å². The lowest BCUT2D eigenvalue weighted by Crippen LogP contribution is -2.24. The van der Waals surface area contributed by atoms with Gasteiger partial charge >= 0.3 is 0 Å². The highest BCUT2D eigenvalue weighted by molar-refractivity contribution is 7.16. The number of aromatic nitrogens is 4. The molecule has 0 aliphatic carbocycles. The summed E-state index contributed by atoms with van der Waals surface area (Å²) in [4.78, 5) is 3.87. The second-order valence-corrected chi connectivity index (χ2v) is 13.9. The largest absolute Gasteiger partial charge is 0.496 e. The number of thiophene rings is 1. The molecule has 6 nitrogen and oxygen atoms in total. The van der Waals surface area contributed by atoms with E-state index in [1.54, 1.807) is 7.11 Å². The molecule has 0 bridgehead atoms. The molecule has 0 fully saturated rings. The average molecular weight is 604 g/mol. The summed E-state index contributed by atoms with van der Waals surface area (Å²) in [7, 11) is 1.69. The number of anilines is 1. The standard InChI is InChI=1S/C36H53N5OS/c1-7-9-11-13-15-19-25-40(26-20-16-14-12-10-8-2)32-24-23-28(43-32)27-30-33(36(3,4)5)39-41-34(37-38-35(30)41)29-21-17-18-22-31(29)42-6/h17-18,21-24,27H,7-16,19-20,25-26H2,1-6H3/b30-27-. The highest BCUT2D eigenvalue weighted by Gasteiger charge is 2.25. The highest BCUT2D eigenvalue weighted by atomic mass is 32.1. The summed E-state index contributed by atoms with van der Waals surface area (Å²) in [6.07, 6.45) is 18.2. The number of hydrogen-bond acceptors (Lipinski definition) is 6. The van der Waals surface area contributed by atoms with Crippen molar-refractivity contribution in [3.8, 4) is 17.1 Å². The Morgan fingerprint density at radius 2 is 1.44 bits per heavy atom. The van der Waals surface area contributed by atoms with Gasteiger partial charge in [0.15, 0.2) is 11.5 Å². The molecule has 4 rings (SSSR count). The number of fused-ring (bicyclic) bond motifs is 1. The topological polar surface area (TPSA) is 55.6 Å². The van der Waals surface area contributed by atoms with Crippen LogP contribution in [0.5, 0.6) is 5.75 Å². The van der Waals surface area contributed by atoms with E-state index in [0.29, 0.717) is 5.82 Å². The normalized spacial score (nSPS) is 12.5. The quantitative estimate of drug-likeness (QED) is 0.106. The number of methoxy groups -OCH3 is 1. The first-order chi connectivity index (χ1) is 20.9. The lowest BCUT2D eigenvalue weighted by Gasteiger charge is -2.23. The van der Waals surface area contributed by atoms with Gasteiger partial charge in [-0.25, -0.2) is 0 Å². The first-order valence-electron chi connectivity index (χ1n) is 16.6. The monoisotopic (exact) mass is 603 g/mol. The minimum absolute atomic E-state index is 0.147. The number of hydrogen-bond donors (Lipinski definition) is 0. The number of para-hydroxylation sites is 1. The van der Waals surface area contributed by atoms with E-state index in [2.05, 4.69) is 67.9 Å². The molecule has 0 unspecified atom stereocenters. The summed E-state index contributed by atoms with van der Waals surface area (Å²) < 4.78 is 7.52. The molecule has 234 valence electrons. The molecule has 0 radical (unpaired) electrons. The number of benzene rings is 1. The van der Waals surface area contributed by atoms with Crippen molar-refractivity contribution in [1.82, 2.24) is 19.8 Å². The Labute approximate surface area is 263 Å². The Morgan fingerprint density at radius 3 is 2.07 bits per heavy atom. The third-order valence-corrected chi connectivity index (χ3v) is 9.26. The maximum atomic E-state index is 5.63. The molecule has 0 amide bonds. The van der Waals surface area contributed by atoms with Crippen LogP contribution in [-0.2, 0) is 5.41 Å². The van der Waals surface area contributed by atoms with E-state index >= 15 is 0 Å². The van der Waals surface area contributed by atoms with Gasteiger partial charge in [-0.2, -0.15) is 9.61 Å². The molecular formula is C36H53N5OS. The Bertz CT molecular complexity index is 1430. The van der Waals surface area contributed by atoms with E-state index in [1.165, 1.54) is 86.9 Å². The van der Waals surface area contributed by atoms with Crippen molar-refractivity contribution in [2.45, 2.75) is 117 Å². The number of rotatable bonds is 18. The van der Waals surface area contributed by atoms with Crippen LogP contribution in [0.2, 0.25) is 0 Å². The maximum Gasteiger partial charge on any atom is 0.189 e. The summed E-state index contributed by atoms with van der Waals surface area (Å²) in [5.74, 6) is 1.47. The summed E-state index contributed by atoms with van der Waals surface area (Å²) in [5.41, 5.74) is 2.56. The van der Waals surface area contributed by atoms with Crippen LogP contribution in [0.15, 0.2) is 36.4 Å². The van der Waals surface area contributed by atoms with Crippen LogP contribution in [0.3, 0.4) is 0 Å². The molecule has 0 atom stereocenters. The predicted octanol–water partition coefficient (Wildman–Crippen LogP) is 9.23. The van der Waals surface area contributed by atoms with Crippen LogP contribution < -0.4 is 14.9 Å². The Balaban J connectivity index is 1.60. The third kappa shape index (κ3) is 8.81. The van der Waals surface area contributed by atoms with Gasteiger partial charge in [0.2, 0.25) is 0 Å². The van der Waals surface area contributed by atoms with Crippen molar-refractivity contribution < 1.29 is 4.74 Å². The van der Waals surface area contributed by atoms with Gasteiger partial charge in [-0.1, -0.05) is 111 Å². The third-order valence-electron chi connectivity index (χ3n) is 8.17. The molecule has 7 heteroatoms. The molecule has 3 heterocycles. The van der Waals surface area contributed by atoms with Gasteiger partial charge in [0.1, 0.15) is 5.75 Å². The van der Waals surface area contributed by atoms with Gasteiger partial charge in [0.05, 0.1) is 23.4 Å². The van der Waals surface area contributed by atoms with Crippen molar-refractivity contribution >= 4 is 28.1 Å². The summed E-state index contributed by atoms with van der Waals surface area (Å²) in [5, 5.41) is 16.7. The van der Waals surface area contributed by atoms with Gasteiger partial charge in [-0.15, -0.1) is 21.5 Å². The lowest BCUT2D eigenvalue weighted by molar-refractivity contribution is 0.416. The van der Waals surface area contributed by atoms with Crippen LogP contribution >= 0.6 is 11.3 Å². The molecule has 0 saturated heterocycles. The number of unbranched alkanes of at least 4 members (excludes halogenated alkanes) is 10. The van der Waals surface area contributed by atoms with Crippen molar-refractivity contribution in [1.29, 1.82) is 0 Å². The van der Waals surface area contributed by atoms with Gasteiger partial charge in [0, 0.05) is 28.6 Å². The van der Waals surface area contributed by atoms with Gasteiger partial charge in [0.25, 0.3) is 0 Å². The van der Waals surface area contributed by atoms with Crippen molar-refractivity contribution in [3.63, 3.8) is 0 Å². The zero-order valence-electron chi connectivity index (χ0n) is 27.5. The molecule has 0 saturated carbocycles. The fourth-order valence-electron chi connectivity index (χ4n) is 5.72. The van der Waals surface area contributed by atoms with Crippen molar-refractivity contribution in [2.24, 2.45) is 0 Å². The fourth-order valence-corrected chi connectivity index (χ4v) is 6.72. The van der Waals surface area contributed by atoms with E-state index in [4.69, 9.17) is 9.84 Å². The van der Waals surface area contributed by atoms with Gasteiger partial charge in [-0.3, -0.25) is 0 Å². The van der Waals surface area contributed by atoms with Crippen molar-refractivity contribution in [2.75, 3.05) is 25.1 Å². The van der Waals surface area contributed by atoms with E-state index < -0.39 is 0 Å². The Morgan fingerprint density at radius 1 is 0.814 bits per heavy atom. The zero-order chi connectivity index (χ0) is 30.7. The first kappa shape index (κ1) is 33.0. The molecule has 0 aliphatic heterocycles. The van der Waals surface area contributed by atoms with E-state index in [0.717, 1.165) is 41.0 Å². The van der Waals surface area contributed by atoms with E-state index in [-0.39, 0.29) is 5.41 Å². The second-order valence-electron chi connectivity index (χ2n) is 12.8. The van der Waals surface area contributed by atoms with Crippen LogP contribution in [0, 0.1) is 0 Å². The SMILES string of the molecule is CCCCCCCCN(CCCCCCCC)c1ccc(/C=c2/c(C(C)(C)C)nn3c(-c4ccccc4OC)nnc23)s1. The lowest BCUT2D eigenvalue weighted by atomic mass is 9.91.